The standard InChI is InChI=1S/C24H24N4O3S/c1-16(29)26-18-8-10-19(11-9-18)27-24(31)23(30)25-15-21(22-7-4-14-32-22)28-13-12-17-5-2-3-6-20(17)28/h2-11,14,21H,12-13,15H2,1H3,(H,25,30)(H,26,29)(H,27,31). The number of thiophene rings is 1. The van der Waals surface area contributed by atoms with Crippen LogP contribution in [-0.4, -0.2) is 30.8 Å². The van der Waals surface area contributed by atoms with Crippen LogP contribution in [0.5, 0.6) is 0 Å². The van der Waals surface area contributed by atoms with Gasteiger partial charge in [0.25, 0.3) is 0 Å². The normalized spacial score (nSPS) is 13.2. The van der Waals surface area contributed by atoms with E-state index in [1.165, 1.54) is 18.2 Å². The molecule has 164 valence electrons. The summed E-state index contributed by atoms with van der Waals surface area (Å²) in [6.45, 7) is 2.61. The third kappa shape index (κ3) is 4.97. The maximum Gasteiger partial charge on any atom is 0.313 e. The summed E-state index contributed by atoms with van der Waals surface area (Å²) in [4.78, 5) is 39.4. The average Bonchev–Trinajstić information content (AvgIpc) is 3.46. The Labute approximate surface area is 190 Å². The Kier molecular flexibility index (Phi) is 6.51. The molecule has 1 aromatic heterocycles. The van der Waals surface area contributed by atoms with Gasteiger partial charge >= 0.3 is 11.8 Å². The largest absolute Gasteiger partial charge is 0.361 e. The highest BCUT2D eigenvalue weighted by molar-refractivity contribution is 7.10. The molecule has 0 aliphatic carbocycles. The Balaban J connectivity index is 1.39. The van der Waals surface area contributed by atoms with Crippen molar-refractivity contribution in [2.24, 2.45) is 0 Å². The predicted octanol–water partition coefficient (Wildman–Crippen LogP) is 3.57. The van der Waals surface area contributed by atoms with Gasteiger partial charge in [0, 0.05) is 42.0 Å². The molecule has 32 heavy (non-hydrogen) atoms. The second-order valence-corrected chi connectivity index (χ2v) is 8.51. The molecular weight excluding hydrogens is 424 g/mol. The monoisotopic (exact) mass is 448 g/mol. The number of rotatable bonds is 6. The van der Waals surface area contributed by atoms with Crippen LogP contribution in [-0.2, 0) is 20.8 Å². The van der Waals surface area contributed by atoms with Gasteiger partial charge in [-0.3, -0.25) is 14.4 Å². The summed E-state index contributed by atoms with van der Waals surface area (Å²) in [7, 11) is 0. The quantitative estimate of drug-likeness (QED) is 0.503. The molecule has 8 heteroatoms. The topological polar surface area (TPSA) is 90.5 Å². The van der Waals surface area contributed by atoms with Gasteiger partial charge in [0.15, 0.2) is 0 Å². The van der Waals surface area contributed by atoms with Crippen LogP contribution in [0, 0.1) is 0 Å². The number of carbonyl (C=O) groups is 3. The zero-order valence-corrected chi connectivity index (χ0v) is 18.4. The number of amides is 3. The van der Waals surface area contributed by atoms with E-state index in [2.05, 4.69) is 39.0 Å². The van der Waals surface area contributed by atoms with Crippen LogP contribution in [0.25, 0.3) is 0 Å². The summed E-state index contributed by atoms with van der Waals surface area (Å²) in [5.74, 6) is -1.60. The summed E-state index contributed by atoms with van der Waals surface area (Å²) >= 11 is 1.64. The highest BCUT2D eigenvalue weighted by atomic mass is 32.1. The fourth-order valence-electron chi connectivity index (χ4n) is 3.83. The minimum absolute atomic E-state index is 0.0488. The lowest BCUT2D eigenvalue weighted by Gasteiger charge is -2.30. The SMILES string of the molecule is CC(=O)Nc1ccc(NC(=O)C(=O)NCC(c2cccs2)N2CCc3ccccc32)cc1. The van der Waals surface area contributed by atoms with Gasteiger partial charge in [-0.15, -0.1) is 11.3 Å². The Hall–Kier alpha value is -3.65. The van der Waals surface area contributed by atoms with Crippen LogP contribution in [0.2, 0.25) is 0 Å². The molecule has 0 saturated heterocycles. The van der Waals surface area contributed by atoms with Gasteiger partial charge in [-0.05, 0) is 53.8 Å². The minimum atomic E-state index is -0.732. The van der Waals surface area contributed by atoms with Crippen molar-refractivity contribution in [3.05, 3.63) is 76.5 Å². The van der Waals surface area contributed by atoms with Crippen LogP contribution in [0.3, 0.4) is 0 Å². The maximum absolute atomic E-state index is 12.5. The molecule has 1 unspecified atom stereocenters. The fraction of sp³-hybridized carbons (Fsp3) is 0.208. The molecule has 0 fully saturated rings. The maximum atomic E-state index is 12.5. The number of benzene rings is 2. The number of hydrogen-bond acceptors (Lipinski definition) is 5. The third-order valence-electron chi connectivity index (χ3n) is 5.30. The number of fused-ring (bicyclic) bond motifs is 1. The lowest BCUT2D eigenvalue weighted by Crippen LogP contribution is -2.41. The van der Waals surface area contributed by atoms with Crippen molar-refractivity contribution in [1.29, 1.82) is 0 Å². The molecule has 0 bridgehead atoms. The first-order valence-corrected chi connectivity index (χ1v) is 11.2. The molecule has 2 aromatic carbocycles. The second kappa shape index (κ2) is 9.65. The highest BCUT2D eigenvalue weighted by Crippen LogP contribution is 2.36. The van der Waals surface area contributed by atoms with Gasteiger partial charge in [0.2, 0.25) is 5.91 Å². The first kappa shape index (κ1) is 21.6. The summed E-state index contributed by atoms with van der Waals surface area (Å²) in [5, 5.41) is 10.1. The van der Waals surface area contributed by atoms with Crippen molar-refractivity contribution in [2.75, 3.05) is 28.6 Å². The fourth-order valence-corrected chi connectivity index (χ4v) is 4.67. The Morgan fingerprint density at radius 3 is 2.34 bits per heavy atom. The van der Waals surface area contributed by atoms with E-state index in [0.717, 1.165) is 17.8 Å². The molecule has 3 aromatic rings. The first-order chi connectivity index (χ1) is 15.5. The zero-order chi connectivity index (χ0) is 22.5. The van der Waals surface area contributed by atoms with E-state index in [0.29, 0.717) is 17.9 Å². The van der Waals surface area contributed by atoms with Gasteiger partial charge in [0.1, 0.15) is 0 Å². The van der Waals surface area contributed by atoms with Crippen molar-refractivity contribution in [3.8, 4) is 0 Å². The lowest BCUT2D eigenvalue weighted by molar-refractivity contribution is -0.136. The molecule has 1 atom stereocenters. The molecule has 2 heterocycles. The molecule has 0 spiro atoms. The number of carbonyl (C=O) groups excluding carboxylic acids is 3. The molecule has 0 saturated carbocycles. The Morgan fingerprint density at radius 1 is 0.938 bits per heavy atom. The van der Waals surface area contributed by atoms with Crippen LogP contribution in [0.1, 0.15) is 23.4 Å². The molecule has 3 N–H and O–H groups in total. The van der Waals surface area contributed by atoms with Gasteiger partial charge in [0.05, 0.1) is 6.04 Å². The number of hydrogen-bond donors (Lipinski definition) is 3. The van der Waals surface area contributed by atoms with Crippen LogP contribution in [0.15, 0.2) is 66.0 Å². The van der Waals surface area contributed by atoms with Crippen molar-refractivity contribution in [1.82, 2.24) is 5.32 Å². The zero-order valence-electron chi connectivity index (χ0n) is 17.6. The minimum Gasteiger partial charge on any atom is -0.361 e. The van der Waals surface area contributed by atoms with Crippen molar-refractivity contribution in [2.45, 2.75) is 19.4 Å². The number of para-hydroxylation sites is 1. The molecule has 0 radical (unpaired) electrons. The molecule has 1 aliphatic rings. The average molecular weight is 449 g/mol. The predicted molar refractivity (Wildman–Crippen MR) is 127 cm³/mol. The number of nitrogens with one attached hydrogen (secondary N) is 3. The summed E-state index contributed by atoms with van der Waals surface area (Å²) in [6, 6.07) is 18.9. The summed E-state index contributed by atoms with van der Waals surface area (Å²) in [5.41, 5.74) is 3.55. The number of anilines is 3. The molecule has 3 amide bonds. The van der Waals surface area contributed by atoms with E-state index < -0.39 is 11.8 Å². The van der Waals surface area contributed by atoms with Gasteiger partial charge in [-0.2, -0.15) is 0 Å². The van der Waals surface area contributed by atoms with E-state index in [9.17, 15) is 14.4 Å². The van der Waals surface area contributed by atoms with Gasteiger partial charge in [-0.25, -0.2) is 0 Å². The first-order valence-electron chi connectivity index (χ1n) is 10.4. The van der Waals surface area contributed by atoms with Crippen molar-refractivity contribution >= 4 is 46.1 Å². The molecular formula is C24H24N4O3S. The Morgan fingerprint density at radius 2 is 1.66 bits per heavy atom. The van der Waals surface area contributed by atoms with E-state index in [-0.39, 0.29) is 11.9 Å². The Bertz CT molecular complexity index is 1110. The van der Waals surface area contributed by atoms with E-state index in [1.807, 2.05) is 23.6 Å². The summed E-state index contributed by atoms with van der Waals surface area (Å²) < 4.78 is 0. The third-order valence-corrected chi connectivity index (χ3v) is 6.27. The lowest BCUT2D eigenvalue weighted by atomic mass is 10.1. The van der Waals surface area contributed by atoms with Crippen molar-refractivity contribution < 1.29 is 14.4 Å². The van der Waals surface area contributed by atoms with Crippen LogP contribution < -0.4 is 20.9 Å². The van der Waals surface area contributed by atoms with Crippen LogP contribution >= 0.6 is 11.3 Å². The van der Waals surface area contributed by atoms with Gasteiger partial charge in [-0.1, -0.05) is 24.3 Å². The number of nitrogens with zero attached hydrogens (tertiary/aromatic N) is 1. The molecule has 1 aliphatic heterocycles. The van der Waals surface area contributed by atoms with Gasteiger partial charge < -0.3 is 20.9 Å². The van der Waals surface area contributed by atoms with E-state index >= 15 is 0 Å². The van der Waals surface area contributed by atoms with E-state index in [1.54, 1.807) is 35.6 Å². The highest BCUT2D eigenvalue weighted by Gasteiger charge is 2.28. The van der Waals surface area contributed by atoms with E-state index in [4.69, 9.17) is 0 Å². The van der Waals surface area contributed by atoms with Crippen LogP contribution in [0.4, 0.5) is 17.1 Å². The molecule has 4 rings (SSSR count). The molecule has 7 nitrogen and oxygen atoms in total. The smallest absolute Gasteiger partial charge is 0.313 e. The van der Waals surface area contributed by atoms with Crippen molar-refractivity contribution in [3.63, 3.8) is 0 Å². The summed E-state index contributed by atoms with van der Waals surface area (Å²) in [6.07, 6.45) is 0.959. The second-order valence-electron chi connectivity index (χ2n) is 7.53.